The molecule has 1 aromatic rings. The van der Waals surface area contributed by atoms with Gasteiger partial charge in [-0.1, -0.05) is 6.07 Å². The molecule has 0 spiro atoms. The summed E-state index contributed by atoms with van der Waals surface area (Å²) in [6.07, 6.45) is 2.00. The van der Waals surface area contributed by atoms with Crippen LogP contribution in [0.5, 0.6) is 0 Å². The zero-order chi connectivity index (χ0) is 8.97. The smallest absolute Gasteiger partial charge is 0.110 e. The van der Waals surface area contributed by atoms with Crippen molar-refractivity contribution in [2.45, 2.75) is 12.5 Å². The van der Waals surface area contributed by atoms with Crippen LogP contribution in [0.4, 0.5) is 4.39 Å². The zero-order valence-electron chi connectivity index (χ0n) is 6.50. The molecule has 1 rings (SSSR count). The van der Waals surface area contributed by atoms with Crippen molar-refractivity contribution in [2.75, 3.05) is 6.67 Å². The molecule has 2 N–H and O–H groups in total. The summed E-state index contributed by atoms with van der Waals surface area (Å²) in [6.45, 7) is -0.400. The van der Waals surface area contributed by atoms with E-state index in [0.717, 1.165) is 5.56 Å². The summed E-state index contributed by atoms with van der Waals surface area (Å²) in [4.78, 5) is 4.00. The van der Waals surface area contributed by atoms with Crippen molar-refractivity contribution >= 4 is 15.9 Å². The Morgan fingerprint density at radius 3 is 3.00 bits per heavy atom. The summed E-state index contributed by atoms with van der Waals surface area (Å²) < 4.78 is 12.6. The topological polar surface area (TPSA) is 38.9 Å². The van der Waals surface area contributed by atoms with Crippen LogP contribution >= 0.6 is 15.9 Å². The van der Waals surface area contributed by atoms with Crippen LogP contribution in [0.3, 0.4) is 0 Å². The summed E-state index contributed by atoms with van der Waals surface area (Å²) >= 11 is 3.25. The van der Waals surface area contributed by atoms with E-state index >= 15 is 0 Å². The van der Waals surface area contributed by atoms with Crippen molar-refractivity contribution in [3.05, 3.63) is 28.5 Å². The number of aromatic nitrogens is 1. The molecular weight excluding hydrogens is 223 g/mol. The van der Waals surface area contributed by atoms with E-state index < -0.39 is 6.67 Å². The maximum Gasteiger partial charge on any atom is 0.110 e. The van der Waals surface area contributed by atoms with Gasteiger partial charge in [0, 0.05) is 17.8 Å². The van der Waals surface area contributed by atoms with Crippen molar-refractivity contribution in [2.24, 2.45) is 5.73 Å². The van der Waals surface area contributed by atoms with E-state index in [-0.39, 0.29) is 6.04 Å². The predicted molar refractivity (Wildman–Crippen MR) is 49.5 cm³/mol. The third-order valence-electron chi connectivity index (χ3n) is 1.61. The Labute approximate surface area is 79.1 Å². The second kappa shape index (κ2) is 4.52. The van der Waals surface area contributed by atoms with Crippen molar-refractivity contribution in [3.8, 4) is 0 Å². The standard InChI is InChI=1S/C8H10BrFN2/c9-8-6(2-1-5-12-8)7(11)3-4-10/h1-2,5,7H,3-4,11H2/t7-/m1/s1. The van der Waals surface area contributed by atoms with Gasteiger partial charge in [0.25, 0.3) is 0 Å². The molecule has 1 aromatic heterocycles. The number of hydrogen-bond acceptors (Lipinski definition) is 2. The fraction of sp³-hybridized carbons (Fsp3) is 0.375. The first-order chi connectivity index (χ1) is 5.75. The highest BCUT2D eigenvalue weighted by Gasteiger charge is 2.08. The Balaban J connectivity index is 2.79. The lowest BCUT2D eigenvalue weighted by Gasteiger charge is -2.10. The van der Waals surface area contributed by atoms with Crippen LogP contribution < -0.4 is 5.73 Å². The fourth-order valence-electron chi connectivity index (χ4n) is 0.948. The van der Waals surface area contributed by atoms with Gasteiger partial charge < -0.3 is 5.73 Å². The molecule has 0 saturated heterocycles. The van der Waals surface area contributed by atoms with Crippen molar-refractivity contribution in [3.63, 3.8) is 0 Å². The molecule has 4 heteroatoms. The quantitative estimate of drug-likeness (QED) is 0.813. The summed E-state index contributed by atoms with van der Waals surface area (Å²) in [5.41, 5.74) is 6.55. The molecule has 1 heterocycles. The maximum absolute atomic E-state index is 11.9. The molecular formula is C8H10BrFN2. The third-order valence-corrected chi connectivity index (χ3v) is 2.27. The highest BCUT2D eigenvalue weighted by atomic mass is 79.9. The molecule has 0 aliphatic carbocycles. The minimum Gasteiger partial charge on any atom is -0.324 e. The summed E-state index contributed by atoms with van der Waals surface area (Å²) in [5.74, 6) is 0. The Kier molecular flexibility index (Phi) is 3.62. The molecule has 0 aliphatic rings. The van der Waals surface area contributed by atoms with Crippen LogP contribution in [0, 0.1) is 0 Å². The molecule has 2 nitrogen and oxygen atoms in total. The number of rotatable bonds is 3. The molecule has 66 valence electrons. The number of halogens is 2. The second-order valence-electron chi connectivity index (χ2n) is 2.47. The monoisotopic (exact) mass is 232 g/mol. The van der Waals surface area contributed by atoms with Gasteiger partial charge in [0.2, 0.25) is 0 Å². The average Bonchev–Trinajstić information content (AvgIpc) is 2.05. The summed E-state index contributed by atoms with van der Waals surface area (Å²) in [5, 5.41) is 0. The normalized spacial score (nSPS) is 12.9. The fourth-order valence-corrected chi connectivity index (χ4v) is 1.49. The van der Waals surface area contributed by atoms with E-state index in [2.05, 4.69) is 20.9 Å². The number of hydrogen-bond donors (Lipinski definition) is 1. The van der Waals surface area contributed by atoms with E-state index in [9.17, 15) is 4.39 Å². The molecule has 1 atom stereocenters. The van der Waals surface area contributed by atoms with Crippen molar-refractivity contribution < 1.29 is 4.39 Å². The van der Waals surface area contributed by atoms with Gasteiger partial charge in [-0.3, -0.25) is 4.39 Å². The number of pyridine rings is 1. The second-order valence-corrected chi connectivity index (χ2v) is 3.22. The van der Waals surface area contributed by atoms with Crippen LogP contribution in [-0.4, -0.2) is 11.7 Å². The first kappa shape index (κ1) is 9.61. The average molecular weight is 233 g/mol. The lowest BCUT2D eigenvalue weighted by Crippen LogP contribution is -2.11. The minimum absolute atomic E-state index is 0.266. The minimum atomic E-state index is -0.400. The lowest BCUT2D eigenvalue weighted by atomic mass is 10.1. The third kappa shape index (κ3) is 2.25. The maximum atomic E-state index is 11.9. The largest absolute Gasteiger partial charge is 0.324 e. The van der Waals surface area contributed by atoms with Crippen LogP contribution in [0.25, 0.3) is 0 Å². The van der Waals surface area contributed by atoms with Gasteiger partial charge in [-0.15, -0.1) is 0 Å². The number of alkyl halides is 1. The Bertz CT molecular complexity index is 255. The van der Waals surface area contributed by atoms with Gasteiger partial charge in [-0.25, -0.2) is 4.98 Å². The van der Waals surface area contributed by atoms with Gasteiger partial charge in [-0.2, -0.15) is 0 Å². The molecule has 0 fully saturated rings. The molecule has 0 unspecified atom stereocenters. The lowest BCUT2D eigenvalue weighted by molar-refractivity contribution is 0.441. The van der Waals surface area contributed by atoms with E-state index in [1.54, 1.807) is 12.3 Å². The molecule has 0 aliphatic heterocycles. The van der Waals surface area contributed by atoms with E-state index in [4.69, 9.17) is 5.73 Å². The van der Waals surface area contributed by atoms with Crippen LogP contribution in [0.15, 0.2) is 22.9 Å². The van der Waals surface area contributed by atoms with Crippen LogP contribution in [-0.2, 0) is 0 Å². The first-order valence-electron chi connectivity index (χ1n) is 3.67. The molecule has 12 heavy (non-hydrogen) atoms. The van der Waals surface area contributed by atoms with Gasteiger partial charge >= 0.3 is 0 Å². The van der Waals surface area contributed by atoms with Crippen molar-refractivity contribution in [1.82, 2.24) is 4.98 Å². The predicted octanol–water partition coefficient (Wildman–Crippen LogP) is 2.20. The zero-order valence-corrected chi connectivity index (χ0v) is 8.09. The van der Waals surface area contributed by atoms with Gasteiger partial charge in [0.15, 0.2) is 0 Å². The molecule has 0 saturated carbocycles. The Morgan fingerprint density at radius 2 is 2.42 bits per heavy atom. The van der Waals surface area contributed by atoms with Gasteiger partial charge in [0.05, 0.1) is 6.67 Å². The van der Waals surface area contributed by atoms with Crippen molar-refractivity contribution in [1.29, 1.82) is 0 Å². The van der Waals surface area contributed by atoms with Gasteiger partial charge in [-0.05, 0) is 28.4 Å². The SMILES string of the molecule is N[C@H](CCF)c1cccnc1Br. The Hall–Kier alpha value is -0.480. The molecule has 0 amide bonds. The highest BCUT2D eigenvalue weighted by molar-refractivity contribution is 9.10. The Morgan fingerprint density at radius 1 is 1.67 bits per heavy atom. The summed E-state index contributed by atoms with van der Waals surface area (Å²) in [6, 6.07) is 3.37. The van der Waals surface area contributed by atoms with E-state index in [1.807, 2.05) is 6.07 Å². The number of nitrogens with two attached hydrogens (primary N) is 1. The first-order valence-corrected chi connectivity index (χ1v) is 4.47. The summed E-state index contributed by atoms with van der Waals surface area (Å²) in [7, 11) is 0. The number of nitrogens with zero attached hydrogens (tertiary/aromatic N) is 1. The van der Waals surface area contributed by atoms with E-state index in [1.165, 1.54) is 0 Å². The van der Waals surface area contributed by atoms with E-state index in [0.29, 0.717) is 11.0 Å². The molecule has 0 radical (unpaired) electrons. The van der Waals surface area contributed by atoms with Crippen LogP contribution in [0.2, 0.25) is 0 Å². The molecule has 0 bridgehead atoms. The van der Waals surface area contributed by atoms with Crippen LogP contribution in [0.1, 0.15) is 18.0 Å². The highest BCUT2D eigenvalue weighted by Crippen LogP contribution is 2.21. The van der Waals surface area contributed by atoms with Gasteiger partial charge in [0.1, 0.15) is 4.60 Å². The molecule has 0 aromatic carbocycles.